The molecule has 5 heteroatoms. The van der Waals surface area contributed by atoms with Crippen molar-refractivity contribution < 1.29 is 9.90 Å². The Labute approximate surface area is 147 Å². The van der Waals surface area contributed by atoms with Crippen LogP contribution < -0.4 is 5.32 Å². The molecular formula is C20H23N3O2. The highest BCUT2D eigenvalue weighted by atomic mass is 16.3. The van der Waals surface area contributed by atoms with Gasteiger partial charge in [0.05, 0.1) is 23.7 Å². The fourth-order valence-electron chi connectivity index (χ4n) is 3.01. The van der Waals surface area contributed by atoms with Gasteiger partial charge < -0.3 is 15.0 Å². The number of aliphatic hydroxyl groups excluding tert-OH is 1. The number of fused-ring (bicyclic) bond motifs is 1. The third-order valence-electron chi connectivity index (χ3n) is 4.28. The van der Waals surface area contributed by atoms with E-state index in [0.717, 1.165) is 16.9 Å². The molecule has 0 aliphatic rings. The van der Waals surface area contributed by atoms with Gasteiger partial charge >= 0.3 is 0 Å². The standard InChI is InChI=1S/C20H23N3O2/c1-14(2)18(22-20(25)15-8-4-3-5-9-15)19-21-16-10-6-7-11-17(16)23(19)12-13-24/h3-11,14,18,24H,12-13H2,1-2H3,(H,22,25). The molecule has 2 aromatic carbocycles. The van der Waals surface area contributed by atoms with Crippen molar-refractivity contribution in [3.63, 3.8) is 0 Å². The lowest BCUT2D eigenvalue weighted by Crippen LogP contribution is -2.34. The topological polar surface area (TPSA) is 67.2 Å². The van der Waals surface area contributed by atoms with E-state index in [2.05, 4.69) is 19.2 Å². The first-order valence-corrected chi connectivity index (χ1v) is 8.53. The average Bonchev–Trinajstić information content (AvgIpc) is 2.99. The Morgan fingerprint density at radius 1 is 1.12 bits per heavy atom. The van der Waals surface area contributed by atoms with Crippen LogP contribution in [0, 0.1) is 5.92 Å². The number of rotatable bonds is 6. The molecule has 0 fully saturated rings. The van der Waals surface area contributed by atoms with E-state index in [1.54, 1.807) is 12.1 Å². The van der Waals surface area contributed by atoms with Gasteiger partial charge in [-0.3, -0.25) is 4.79 Å². The second-order valence-electron chi connectivity index (χ2n) is 6.40. The second-order valence-corrected chi connectivity index (χ2v) is 6.40. The molecule has 1 aromatic heterocycles. The van der Waals surface area contributed by atoms with Gasteiger partial charge in [0, 0.05) is 12.1 Å². The summed E-state index contributed by atoms with van der Waals surface area (Å²) in [4.78, 5) is 17.4. The molecule has 5 nitrogen and oxygen atoms in total. The summed E-state index contributed by atoms with van der Waals surface area (Å²) in [6, 6.07) is 16.8. The normalized spacial score (nSPS) is 12.5. The van der Waals surface area contributed by atoms with Crippen molar-refractivity contribution in [2.45, 2.75) is 26.4 Å². The predicted octanol–water partition coefficient (Wildman–Crippen LogP) is 3.16. The Kier molecular flexibility index (Phi) is 5.14. The maximum Gasteiger partial charge on any atom is 0.251 e. The van der Waals surface area contributed by atoms with Crippen LogP contribution >= 0.6 is 0 Å². The summed E-state index contributed by atoms with van der Waals surface area (Å²) in [5.74, 6) is 0.804. The number of nitrogens with zero attached hydrogens (tertiary/aromatic N) is 2. The molecule has 3 aromatic rings. The molecule has 0 bridgehead atoms. The number of benzene rings is 2. The average molecular weight is 337 g/mol. The SMILES string of the molecule is CC(C)C(NC(=O)c1ccccc1)c1nc2ccccc2n1CCO. The zero-order chi connectivity index (χ0) is 17.8. The third kappa shape index (κ3) is 3.56. The molecule has 1 atom stereocenters. The molecule has 0 saturated heterocycles. The number of carbonyl (C=O) groups excluding carboxylic acids is 1. The number of nitrogens with one attached hydrogen (secondary N) is 1. The number of imidazole rings is 1. The van der Waals surface area contributed by atoms with Crippen LogP contribution in [-0.2, 0) is 6.54 Å². The second kappa shape index (κ2) is 7.49. The van der Waals surface area contributed by atoms with E-state index in [1.165, 1.54) is 0 Å². The van der Waals surface area contributed by atoms with Gasteiger partial charge in [-0.15, -0.1) is 0 Å². The predicted molar refractivity (Wildman–Crippen MR) is 98.3 cm³/mol. The fourth-order valence-corrected chi connectivity index (χ4v) is 3.01. The van der Waals surface area contributed by atoms with Gasteiger partial charge in [0.2, 0.25) is 0 Å². The first-order valence-electron chi connectivity index (χ1n) is 8.53. The quantitative estimate of drug-likeness (QED) is 0.726. The van der Waals surface area contributed by atoms with Crippen molar-refractivity contribution in [3.8, 4) is 0 Å². The lowest BCUT2D eigenvalue weighted by molar-refractivity contribution is 0.0922. The molecule has 1 heterocycles. The van der Waals surface area contributed by atoms with Crippen LogP contribution in [0.3, 0.4) is 0 Å². The molecule has 0 aliphatic carbocycles. The first kappa shape index (κ1) is 17.2. The molecule has 0 saturated carbocycles. The maximum atomic E-state index is 12.6. The van der Waals surface area contributed by atoms with E-state index in [-0.39, 0.29) is 24.5 Å². The number of carbonyl (C=O) groups is 1. The summed E-state index contributed by atoms with van der Waals surface area (Å²) in [6.45, 7) is 4.57. The Bertz CT molecular complexity index is 856. The molecule has 2 N–H and O–H groups in total. The Hall–Kier alpha value is -2.66. The van der Waals surface area contributed by atoms with Crippen LogP contribution in [0.4, 0.5) is 0 Å². The maximum absolute atomic E-state index is 12.6. The minimum Gasteiger partial charge on any atom is -0.395 e. The van der Waals surface area contributed by atoms with Gasteiger partial charge in [-0.2, -0.15) is 0 Å². The van der Waals surface area contributed by atoms with Gasteiger partial charge in [0.25, 0.3) is 5.91 Å². The number of hydrogen-bond acceptors (Lipinski definition) is 3. The largest absolute Gasteiger partial charge is 0.395 e. The van der Waals surface area contributed by atoms with Crippen LogP contribution in [0.2, 0.25) is 0 Å². The van der Waals surface area contributed by atoms with Crippen molar-refractivity contribution in [3.05, 3.63) is 66.0 Å². The smallest absolute Gasteiger partial charge is 0.251 e. The highest BCUT2D eigenvalue weighted by molar-refractivity contribution is 5.94. The Balaban J connectivity index is 1.99. The van der Waals surface area contributed by atoms with E-state index >= 15 is 0 Å². The monoisotopic (exact) mass is 337 g/mol. The number of amides is 1. The summed E-state index contributed by atoms with van der Waals surface area (Å²) in [5, 5.41) is 12.6. The summed E-state index contributed by atoms with van der Waals surface area (Å²) in [5.41, 5.74) is 2.45. The number of hydrogen-bond donors (Lipinski definition) is 2. The van der Waals surface area contributed by atoms with Crippen molar-refractivity contribution in [2.75, 3.05) is 6.61 Å². The van der Waals surface area contributed by atoms with E-state index < -0.39 is 0 Å². The number of aromatic nitrogens is 2. The van der Waals surface area contributed by atoms with Gasteiger partial charge in [-0.05, 0) is 30.2 Å². The lowest BCUT2D eigenvalue weighted by atomic mass is 10.0. The molecule has 1 amide bonds. The lowest BCUT2D eigenvalue weighted by Gasteiger charge is -2.23. The minimum absolute atomic E-state index is 0.0187. The van der Waals surface area contributed by atoms with Crippen LogP contribution in [0.5, 0.6) is 0 Å². The summed E-state index contributed by atoms with van der Waals surface area (Å²) >= 11 is 0. The summed E-state index contributed by atoms with van der Waals surface area (Å²) in [6.07, 6.45) is 0. The molecule has 0 aliphatic heterocycles. The molecular weight excluding hydrogens is 314 g/mol. The summed E-state index contributed by atoms with van der Waals surface area (Å²) in [7, 11) is 0. The molecule has 3 rings (SSSR count). The van der Waals surface area contributed by atoms with Crippen LogP contribution in [0.15, 0.2) is 54.6 Å². The number of aliphatic hydroxyl groups is 1. The highest BCUT2D eigenvalue weighted by Gasteiger charge is 2.25. The zero-order valence-corrected chi connectivity index (χ0v) is 14.5. The van der Waals surface area contributed by atoms with Gasteiger partial charge in [0.15, 0.2) is 0 Å². The zero-order valence-electron chi connectivity index (χ0n) is 14.5. The fraction of sp³-hybridized carbons (Fsp3) is 0.300. The molecule has 0 spiro atoms. The first-order chi connectivity index (χ1) is 12.1. The van der Waals surface area contributed by atoms with Gasteiger partial charge in [0.1, 0.15) is 5.82 Å². The molecule has 1 unspecified atom stereocenters. The van der Waals surface area contributed by atoms with Crippen molar-refractivity contribution in [1.29, 1.82) is 0 Å². The van der Waals surface area contributed by atoms with E-state index in [4.69, 9.17) is 4.98 Å². The van der Waals surface area contributed by atoms with Crippen molar-refractivity contribution >= 4 is 16.9 Å². The van der Waals surface area contributed by atoms with Crippen LogP contribution in [0.1, 0.15) is 36.1 Å². The van der Waals surface area contributed by atoms with E-state index in [9.17, 15) is 9.90 Å². The van der Waals surface area contributed by atoms with Gasteiger partial charge in [-0.25, -0.2) is 4.98 Å². The van der Waals surface area contributed by atoms with E-state index in [0.29, 0.717) is 12.1 Å². The minimum atomic E-state index is -0.244. The Morgan fingerprint density at radius 2 is 1.80 bits per heavy atom. The summed E-state index contributed by atoms with van der Waals surface area (Å²) < 4.78 is 1.99. The van der Waals surface area contributed by atoms with Gasteiger partial charge in [-0.1, -0.05) is 44.2 Å². The molecule has 25 heavy (non-hydrogen) atoms. The van der Waals surface area contributed by atoms with Crippen molar-refractivity contribution in [2.24, 2.45) is 5.92 Å². The third-order valence-corrected chi connectivity index (χ3v) is 4.28. The van der Waals surface area contributed by atoms with E-state index in [1.807, 2.05) is 47.0 Å². The highest BCUT2D eigenvalue weighted by Crippen LogP contribution is 2.26. The van der Waals surface area contributed by atoms with Crippen LogP contribution in [-0.4, -0.2) is 27.2 Å². The van der Waals surface area contributed by atoms with Crippen LogP contribution in [0.25, 0.3) is 11.0 Å². The number of para-hydroxylation sites is 2. The van der Waals surface area contributed by atoms with Crippen molar-refractivity contribution in [1.82, 2.24) is 14.9 Å². The molecule has 0 radical (unpaired) electrons. The Morgan fingerprint density at radius 3 is 2.48 bits per heavy atom. The molecule has 130 valence electrons.